The molecule has 0 fully saturated rings. The fourth-order valence-corrected chi connectivity index (χ4v) is 2.36. The third-order valence-electron chi connectivity index (χ3n) is 3.15. The maximum atomic E-state index is 13.7. The zero-order chi connectivity index (χ0) is 15.7. The fourth-order valence-electron chi connectivity index (χ4n) is 2.00. The van der Waals surface area contributed by atoms with E-state index in [4.69, 9.17) is 32.4 Å². The lowest BCUT2D eigenvalue weighted by molar-refractivity contribution is 0.300. The minimum absolute atomic E-state index is 0.0132. The van der Waals surface area contributed by atoms with Gasteiger partial charge in [0.2, 0.25) is 5.43 Å². The molecule has 3 nitrogen and oxygen atoms in total. The van der Waals surface area contributed by atoms with E-state index in [2.05, 4.69) is 0 Å². The van der Waals surface area contributed by atoms with E-state index in [1.54, 1.807) is 24.3 Å². The zero-order valence-corrected chi connectivity index (χ0v) is 12.6. The molecule has 0 atom stereocenters. The lowest BCUT2D eigenvalue weighted by Gasteiger charge is -2.09. The van der Waals surface area contributed by atoms with Crippen molar-refractivity contribution in [2.24, 2.45) is 0 Å². The van der Waals surface area contributed by atoms with E-state index in [-0.39, 0.29) is 22.6 Å². The van der Waals surface area contributed by atoms with Crippen molar-refractivity contribution in [3.8, 4) is 5.75 Å². The number of rotatable bonds is 3. The summed E-state index contributed by atoms with van der Waals surface area (Å²) in [5.41, 5.74) is 0.292. The maximum absolute atomic E-state index is 13.7. The van der Waals surface area contributed by atoms with E-state index in [0.29, 0.717) is 21.7 Å². The van der Waals surface area contributed by atoms with Crippen LogP contribution in [0.5, 0.6) is 5.75 Å². The Bertz CT molecular complexity index is 885. The molecule has 0 saturated heterocycles. The number of halogens is 3. The van der Waals surface area contributed by atoms with Crippen LogP contribution < -0.4 is 10.2 Å². The highest BCUT2D eigenvalue weighted by Crippen LogP contribution is 2.24. The molecule has 112 valence electrons. The predicted molar refractivity (Wildman–Crippen MR) is 83.2 cm³/mol. The Labute approximate surface area is 134 Å². The summed E-state index contributed by atoms with van der Waals surface area (Å²) in [4.78, 5) is 11.8. The van der Waals surface area contributed by atoms with Crippen molar-refractivity contribution in [2.75, 3.05) is 0 Å². The highest BCUT2D eigenvalue weighted by Gasteiger charge is 2.09. The summed E-state index contributed by atoms with van der Waals surface area (Å²) in [7, 11) is 0. The highest BCUT2D eigenvalue weighted by atomic mass is 35.5. The number of benzene rings is 2. The predicted octanol–water partition coefficient (Wildman–Crippen LogP) is 4.82. The van der Waals surface area contributed by atoms with Crippen LogP contribution in [-0.4, -0.2) is 0 Å². The van der Waals surface area contributed by atoms with Crippen LogP contribution in [0, 0.1) is 5.82 Å². The second-order valence-corrected chi connectivity index (χ2v) is 5.37. The summed E-state index contributed by atoms with van der Waals surface area (Å²) in [6.45, 7) is -0.0329. The molecule has 3 aromatic rings. The topological polar surface area (TPSA) is 39.4 Å². The van der Waals surface area contributed by atoms with Crippen molar-refractivity contribution < 1.29 is 13.5 Å². The Morgan fingerprint density at radius 2 is 1.95 bits per heavy atom. The minimum Gasteiger partial charge on any atom is -0.489 e. The van der Waals surface area contributed by atoms with Gasteiger partial charge in [0.05, 0.1) is 10.4 Å². The lowest BCUT2D eigenvalue weighted by Crippen LogP contribution is -2.02. The van der Waals surface area contributed by atoms with Crippen LogP contribution in [0.2, 0.25) is 10.0 Å². The van der Waals surface area contributed by atoms with Crippen LogP contribution in [0.1, 0.15) is 5.56 Å². The van der Waals surface area contributed by atoms with Gasteiger partial charge in [-0.25, -0.2) is 4.39 Å². The Morgan fingerprint density at radius 1 is 1.14 bits per heavy atom. The molecular weight excluding hydrogens is 330 g/mol. The second-order valence-electron chi connectivity index (χ2n) is 4.56. The first-order chi connectivity index (χ1) is 10.6. The smallest absolute Gasteiger partial charge is 0.211 e. The molecule has 0 radical (unpaired) electrons. The van der Waals surface area contributed by atoms with Crippen LogP contribution in [-0.2, 0) is 6.61 Å². The molecule has 0 unspecified atom stereocenters. The molecule has 0 bridgehead atoms. The SMILES string of the molecule is O=c1c(Cl)coc2cc(OCc3c(F)cccc3Cl)ccc12. The van der Waals surface area contributed by atoms with Crippen molar-refractivity contribution in [2.45, 2.75) is 6.61 Å². The Balaban J connectivity index is 1.89. The fraction of sp³-hybridized carbons (Fsp3) is 0.0625. The van der Waals surface area contributed by atoms with Crippen LogP contribution in [0.4, 0.5) is 4.39 Å². The molecule has 0 spiro atoms. The van der Waals surface area contributed by atoms with Crippen LogP contribution in [0.3, 0.4) is 0 Å². The molecule has 1 aromatic heterocycles. The van der Waals surface area contributed by atoms with Gasteiger partial charge in [0.25, 0.3) is 0 Å². The van der Waals surface area contributed by atoms with Crippen molar-refractivity contribution in [1.29, 1.82) is 0 Å². The van der Waals surface area contributed by atoms with Crippen molar-refractivity contribution in [3.05, 3.63) is 74.3 Å². The Kier molecular flexibility index (Phi) is 4.05. The average Bonchev–Trinajstić information content (AvgIpc) is 2.50. The third-order valence-corrected chi connectivity index (χ3v) is 3.76. The van der Waals surface area contributed by atoms with Gasteiger partial charge in [0.15, 0.2) is 0 Å². The average molecular weight is 339 g/mol. The normalized spacial score (nSPS) is 10.9. The van der Waals surface area contributed by atoms with E-state index in [9.17, 15) is 9.18 Å². The monoisotopic (exact) mass is 338 g/mol. The molecule has 3 rings (SSSR count). The number of ether oxygens (including phenoxy) is 1. The van der Waals surface area contributed by atoms with Gasteiger partial charge in [-0.3, -0.25) is 4.79 Å². The van der Waals surface area contributed by atoms with Gasteiger partial charge < -0.3 is 9.15 Å². The molecule has 1 heterocycles. The first-order valence-electron chi connectivity index (χ1n) is 6.33. The largest absolute Gasteiger partial charge is 0.489 e. The molecule has 6 heteroatoms. The highest BCUT2D eigenvalue weighted by molar-refractivity contribution is 6.31. The Morgan fingerprint density at radius 3 is 2.73 bits per heavy atom. The molecule has 0 N–H and O–H groups in total. The Hall–Kier alpha value is -2.04. The van der Waals surface area contributed by atoms with Gasteiger partial charge >= 0.3 is 0 Å². The van der Waals surface area contributed by atoms with E-state index >= 15 is 0 Å². The second kappa shape index (κ2) is 5.99. The molecule has 0 aliphatic carbocycles. The van der Waals surface area contributed by atoms with Gasteiger partial charge in [-0.05, 0) is 24.3 Å². The number of fused-ring (bicyclic) bond motifs is 1. The van der Waals surface area contributed by atoms with Gasteiger partial charge in [-0.15, -0.1) is 0 Å². The first-order valence-corrected chi connectivity index (χ1v) is 7.08. The number of hydrogen-bond acceptors (Lipinski definition) is 3. The molecule has 0 amide bonds. The lowest BCUT2D eigenvalue weighted by atomic mass is 10.2. The van der Waals surface area contributed by atoms with Crippen molar-refractivity contribution in [1.82, 2.24) is 0 Å². The number of hydrogen-bond donors (Lipinski definition) is 0. The van der Waals surface area contributed by atoms with Gasteiger partial charge in [-0.1, -0.05) is 29.3 Å². The maximum Gasteiger partial charge on any atom is 0.211 e. The van der Waals surface area contributed by atoms with Crippen molar-refractivity contribution in [3.63, 3.8) is 0 Å². The summed E-state index contributed by atoms with van der Waals surface area (Å²) >= 11 is 11.6. The molecule has 0 aliphatic rings. The molecular formula is C16H9Cl2FO3. The van der Waals surface area contributed by atoms with Gasteiger partial charge in [-0.2, -0.15) is 0 Å². The van der Waals surface area contributed by atoms with Gasteiger partial charge in [0, 0.05) is 11.6 Å². The van der Waals surface area contributed by atoms with E-state index in [1.807, 2.05) is 0 Å². The summed E-state index contributed by atoms with van der Waals surface area (Å²) in [6, 6.07) is 9.10. The third kappa shape index (κ3) is 2.80. The van der Waals surface area contributed by atoms with E-state index in [1.165, 1.54) is 18.4 Å². The van der Waals surface area contributed by atoms with Gasteiger partial charge in [0.1, 0.15) is 35.0 Å². The van der Waals surface area contributed by atoms with E-state index in [0.717, 1.165) is 0 Å². The zero-order valence-electron chi connectivity index (χ0n) is 11.1. The molecule has 2 aromatic carbocycles. The summed E-state index contributed by atoms with van der Waals surface area (Å²) in [5, 5.41) is 0.655. The molecule has 0 saturated carbocycles. The quantitative estimate of drug-likeness (QED) is 0.687. The van der Waals surface area contributed by atoms with Crippen molar-refractivity contribution >= 4 is 34.2 Å². The molecule has 0 aliphatic heterocycles. The van der Waals surface area contributed by atoms with E-state index < -0.39 is 5.82 Å². The first kappa shape index (κ1) is 14.9. The standard InChI is InChI=1S/C16H9Cl2FO3/c17-12-2-1-3-14(19)11(12)7-21-9-4-5-10-15(6-9)22-8-13(18)16(10)20/h1-6,8H,7H2. The summed E-state index contributed by atoms with van der Waals surface area (Å²) in [6.07, 6.45) is 1.17. The summed E-state index contributed by atoms with van der Waals surface area (Å²) in [5.74, 6) is -0.0103. The van der Waals surface area contributed by atoms with Crippen LogP contribution in [0.25, 0.3) is 11.0 Å². The molecule has 22 heavy (non-hydrogen) atoms. The summed E-state index contributed by atoms with van der Waals surface area (Å²) < 4.78 is 24.4. The minimum atomic E-state index is -0.438. The van der Waals surface area contributed by atoms with Crippen LogP contribution >= 0.6 is 23.2 Å². The van der Waals surface area contributed by atoms with Crippen LogP contribution in [0.15, 0.2) is 51.9 Å².